The Morgan fingerprint density at radius 3 is 2.79 bits per heavy atom. The molecular formula is C22H23ClFN3O2. The van der Waals surface area contributed by atoms with Gasteiger partial charge in [-0.2, -0.15) is 0 Å². The summed E-state index contributed by atoms with van der Waals surface area (Å²) in [4.78, 5) is 20.8. The Hall–Kier alpha value is -2.44. The number of halogens is 2. The van der Waals surface area contributed by atoms with E-state index in [1.54, 1.807) is 36.2 Å². The first-order chi connectivity index (χ1) is 14.0. The van der Waals surface area contributed by atoms with Crippen LogP contribution in [0.1, 0.15) is 30.2 Å². The predicted molar refractivity (Wildman–Crippen MR) is 110 cm³/mol. The number of oxazole rings is 1. The highest BCUT2D eigenvalue weighted by molar-refractivity contribution is 6.31. The molecule has 0 atom stereocenters. The standard InChI is InChI=1S/C22H23ClFN3O2/c1-26(13-16-4-2-3-5-18(16)24)21(28)14-27-10-8-15(9-11-27)22-25-19-12-17(23)6-7-20(19)29-22/h2-7,12,15H,8-11,13-14H2,1H3. The van der Waals surface area contributed by atoms with E-state index in [-0.39, 0.29) is 24.2 Å². The van der Waals surface area contributed by atoms with Crippen molar-refractivity contribution in [1.29, 1.82) is 0 Å². The minimum atomic E-state index is -0.285. The summed E-state index contributed by atoms with van der Waals surface area (Å²) in [5.41, 5.74) is 2.05. The van der Waals surface area contributed by atoms with Crippen LogP contribution in [0.4, 0.5) is 4.39 Å². The molecule has 29 heavy (non-hydrogen) atoms. The van der Waals surface area contributed by atoms with Crippen molar-refractivity contribution < 1.29 is 13.6 Å². The van der Waals surface area contributed by atoms with Gasteiger partial charge in [-0.1, -0.05) is 29.8 Å². The number of amides is 1. The van der Waals surface area contributed by atoms with Gasteiger partial charge in [0.15, 0.2) is 11.5 Å². The molecule has 0 aliphatic carbocycles. The van der Waals surface area contributed by atoms with Gasteiger partial charge in [-0.05, 0) is 50.2 Å². The zero-order chi connectivity index (χ0) is 20.4. The number of nitrogens with zero attached hydrogens (tertiary/aromatic N) is 3. The number of likely N-dealkylation sites (tertiary alicyclic amines) is 1. The van der Waals surface area contributed by atoms with Crippen LogP contribution in [0.15, 0.2) is 46.9 Å². The molecule has 1 amide bonds. The molecule has 0 unspecified atom stereocenters. The van der Waals surface area contributed by atoms with Gasteiger partial charge in [-0.15, -0.1) is 0 Å². The fourth-order valence-corrected chi connectivity index (χ4v) is 3.88. The average molecular weight is 416 g/mol. The van der Waals surface area contributed by atoms with Gasteiger partial charge in [-0.25, -0.2) is 9.37 Å². The van der Waals surface area contributed by atoms with Crippen LogP contribution in [-0.4, -0.2) is 47.4 Å². The summed E-state index contributed by atoms with van der Waals surface area (Å²) in [7, 11) is 1.71. The van der Waals surface area contributed by atoms with Gasteiger partial charge < -0.3 is 9.32 Å². The summed E-state index contributed by atoms with van der Waals surface area (Å²) in [6, 6.07) is 12.0. The molecule has 0 saturated carbocycles. The number of likely N-dealkylation sites (N-methyl/N-ethyl adjacent to an activating group) is 1. The Morgan fingerprint density at radius 1 is 1.28 bits per heavy atom. The molecule has 0 radical (unpaired) electrons. The molecule has 1 aliphatic heterocycles. The second-order valence-electron chi connectivity index (χ2n) is 7.56. The van der Waals surface area contributed by atoms with E-state index < -0.39 is 0 Å². The number of hydrogen-bond donors (Lipinski definition) is 0. The number of carbonyl (C=O) groups excluding carboxylic acids is 1. The monoisotopic (exact) mass is 415 g/mol. The first-order valence-corrected chi connectivity index (χ1v) is 10.1. The lowest BCUT2D eigenvalue weighted by atomic mass is 9.97. The van der Waals surface area contributed by atoms with Gasteiger partial charge in [0.2, 0.25) is 5.91 Å². The molecule has 152 valence electrons. The summed E-state index contributed by atoms with van der Waals surface area (Å²) in [5.74, 6) is 0.685. The van der Waals surface area contributed by atoms with Gasteiger partial charge in [0, 0.05) is 30.1 Å². The van der Waals surface area contributed by atoms with Crippen molar-refractivity contribution in [3.63, 3.8) is 0 Å². The molecule has 3 aromatic rings. The Bertz CT molecular complexity index is 1010. The number of fused-ring (bicyclic) bond motifs is 1. The maximum absolute atomic E-state index is 13.8. The normalized spacial score (nSPS) is 15.7. The summed E-state index contributed by atoms with van der Waals surface area (Å²) >= 11 is 6.02. The van der Waals surface area contributed by atoms with Crippen LogP contribution in [-0.2, 0) is 11.3 Å². The van der Waals surface area contributed by atoms with E-state index >= 15 is 0 Å². The average Bonchev–Trinajstić information content (AvgIpc) is 3.13. The summed E-state index contributed by atoms with van der Waals surface area (Å²) in [6.07, 6.45) is 1.76. The highest BCUT2D eigenvalue weighted by Gasteiger charge is 2.26. The maximum Gasteiger partial charge on any atom is 0.236 e. The molecule has 0 bridgehead atoms. The minimum absolute atomic E-state index is 0.0109. The molecule has 1 aromatic heterocycles. The summed E-state index contributed by atoms with van der Waals surface area (Å²) < 4.78 is 19.7. The molecule has 0 spiro atoms. The third kappa shape index (κ3) is 4.60. The van der Waals surface area contributed by atoms with Crippen molar-refractivity contribution in [3.8, 4) is 0 Å². The number of piperidine rings is 1. The number of aromatic nitrogens is 1. The van der Waals surface area contributed by atoms with Crippen molar-refractivity contribution in [1.82, 2.24) is 14.8 Å². The predicted octanol–water partition coefficient (Wildman–Crippen LogP) is 4.46. The van der Waals surface area contributed by atoms with E-state index in [2.05, 4.69) is 9.88 Å². The van der Waals surface area contributed by atoms with Crippen molar-refractivity contribution in [3.05, 3.63) is 64.8 Å². The number of hydrogen-bond acceptors (Lipinski definition) is 4. The lowest BCUT2D eigenvalue weighted by Gasteiger charge is -2.31. The molecule has 1 saturated heterocycles. The Morgan fingerprint density at radius 2 is 2.03 bits per heavy atom. The second kappa shape index (κ2) is 8.51. The van der Waals surface area contributed by atoms with Crippen molar-refractivity contribution in [2.75, 3.05) is 26.7 Å². The van der Waals surface area contributed by atoms with Crippen LogP contribution in [0.2, 0.25) is 5.02 Å². The van der Waals surface area contributed by atoms with Gasteiger partial charge in [-0.3, -0.25) is 9.69 Å². The first kappa shape index (κ1) is 19.9. The molecule has 5 nitrogen and oxygen atoms in total. The molecule has 7 heteroatoms. The van der Waals surface area contributed by atoms with Gasteiger partial charge in [0.05, 0.1) is 6.54 Å². The topological polar surface area (TPSA) is 49.6 Å². The molecule has 1 fully saturated rings. The Kier molecular flexibility index (Phi) is 5.83. The Labute approximate surface area is 174 Å². The fourth-order valence-electron chi connectivity index (χ4n) is 3.71. The van der Waals surface area contributed by atoms with E-state index in [4.69, 9.17) is 16.0 Å². The van der Waals surface area contributed by atoms with Gasteiger partial charge in [0.25, 0.3) is 0 Å². The Balaban J connectivity index is 1.31. The minimum Gasteiger partial charge on any atom is -0.440 e. The zero-order valence-electron chi connectivity index (χ0n) is 16.3. The molecule has 2 aromatic carbocycles. The number of benzene rings is 2. The smallest absolute Gasteiger partial charge is 0.236 e. The van der Waals surface area contributed by atoms with Crippen molar-refractivity contribution >= 4 is 28.6 Å². The van der Waals surface area contributed by atoms with Crippen molar-refractivity contribution in [2.24, 2.45) is 0 Å². The quantitative estimate of drug-likeness (QED) is 0.617. The third-order valence-electron chi connectivity index (χ3n) is 5.45. The second-order valence-corrected chi connectivity index (χ2v) is 7.99. The van der Waals surface area contributed by atoms with Crippen LogP contribution >= 0.6 is 11.6 Å². The summed E-state index contributed by atoms with van der Waals surface area (Å²) in [6.45, 7) is 2.20. The lowest BCUT2D eigenvalue weighted by Crippen LogP contribution is -2.41. The van der Waals surface area contributed by atoms with E-state index in [1.165, 1.54) is 6.07 Å². The number of rotatable bonds is 5. The highest BCUT2D eigenvalue weighted by atomic mass is 35.5. The SMILES string of the molecule is CN(Cc1ccccc1F)C(=O)CN1CCC(c2nc3cc(Cl)ccc3o2)CC1. The molecule has 1 aliphatic rings. The maximum atomic E-state index is 13.8. The molecular weight excluding hydrogens is 393 g/mol. The van der Waals surface area contributed by atoms with Gasteiger partial charge >= 0.3 is 0 Å². The molecule has 0 N–H and O–H groups in total. The van der Waals surface area contributed by atoms with E-state index in [1.807, 2.05) is 12.1 Å². The third-order valence-corrected chi connectivity index (χ3v) is 5.69. The largest absolute Gasteiger partial charge is 0.440 e. The van der Waals surface area contributed by atoms with Crippen LogP contribution < -0.4 is 0 Å². The van der Waals surface area contributed by atoms with E-state index in [0.29, 0.717) is 17.1 Å². The molecule has 2 heterocycles. The first-order valence-electron chi connectivity index (χ1n) is 9.75. The van der Waals surface area contributed by atoms with Crippen molar-refractivity contribution in [2.45, 2.75) is 25.3 Å². The van der Waals surface area contributed by atoms with Gasteiger partial charge in [0.1, 0.15) is 11.3 Å². The van der Waals surface area contributed by atoms with E-state index in [9.17, 15) is 9.18 Å². The van der Waals surface area contributed by atoms with Crippen LogP contribution in [0, 0.1) is 5.82 Å². The zero-order valence-corrected chi connectivity index (χ0v) is 17.0. The lowest BCUT2D eigenvalue weighted by molar-refractivity contribution is -0.131. The van der Waals surface area contributed by atoms with E-state index in [0.717, 1.165) is 42.9 Å². The van der Waals surface area contributed by atoms with Crippen LogP contribution in [0.3, 0.4) is 0 Å². The fraction of sp³-hybridized carbons (Fsp3) is 0.364. The summed E-state index contributed by atoms with van der Waals surface area (Å²) in [5, 5.41) is 0.644. The molecule has 4 rings (SSSR count). The highest BCUT2D eigenvalue weighted by Crippen LogP contribution is 2.30. The number of carbonyl (C=O) groups is 1. The van der Waals surface area contributed by atoms with Crippen LogP contribution in [0.5, 0.6) is 0 Å². The van der Waals surface area contributed by atoms with Crippen LogP contribution in [0.25, 0.3) is 11.1 Å².